The number of urea groups is 1. The largest absolute Gasteiger partial charge is 0.427 e. The quantitative estimate of drug-likeness (QED) is 0.708. The van der Waals surface area contributed by atoms with E-state index in [1.165, 1.54) is 12.1 Å². The number of anilines is 1. The van der Waals surface area contributed by atoms with Crippen LogP contribution in [0.15, 0.2) is 18.2 Å². The van der Waals surface area contributed by atoms with Gasteiger partial charge in [0.2, 0.25) is 5.54 Å². The van der Waals surface area contributed by atoms with Crippen molar-refractivity contribution < 1.29 is 18.0 Å². The van der Waals surface area contributed by atoms with Crippen molar-refractivity contribution in [1.29, 1.82) is 0 Å². The van der Waals surface area contributed by atoms with Crippen LogP contribution in [0.25, 0.3) is 0 Å². The second-order valence-corrected chi connectivity index (χ2v) is 5.42. The van der Waals surface area contributed by atoms with E-state index < -0.39 is 17.7 Å². The van der Waals surface area contributed by atoms with Gasteiger partial charge in [0.15, 0.2) is 0 Å². The summed E-state index contributed by atoms with van der Waals surface area (Å²) in [6.07, 6.45) is -3.07. The van der Waals surface area contributed by atoms with Crippen LogP contribution in [0, 0.1) is 24.7 Å². The van der Waals surface area contributed by atoms with Crippen molar-refractivity contribution in [2.24, 2.45) is 5.92 Å². The minimum absolute atomic E-state index is 0.00396. The number of benzene rings is 1. The molecule has 2 aliphatic rings. The van der Waals surface area contributed by atoms with E-state index in [1.807, 2.05) is 5.32 Å². The van der Waals surface area contributed by atoms with E-state index in [-0.39, 0.29) is 17.2 Å². The Kier molecular flexibility index (Phi) is 2.90. The molecule has 1 aliphatic heterocycles. The zero-order chi connectivity index (χ0) is 15.3. The lowest BCUT2D eigenvalue weighted by Crippen LogP contribution is -2.59. The number of carbonyl (C=O) groups is 1. The smallest absolute Gasteiger partial charge is 0.310 e. The lowest BCUT2D eigenvalue weighted by atomic mass is 9.85. The first-order valence-corrected chi connectivity index (χ1v) is 6.61. The van der Waals surface area contributed by atoms with Gasteiger partial charge in [0, 0.05) is 17.2 Å². The summed E-state index contributed by atoms with van der Waals surface area (Å²) in [6, 6.07) is 3.65. The zero-order valence-corrected chi connectivity index (χ0v) is 11.3. The summed E-state index contributed by atoms with van der Waals surface area (Å²) in [7, 11) is 0. The molecule has 21 heavy (non-hydrogen) atoms. The summed E-state index contributed by atoms with van der Waals surface area (Å²) in [5, 5.41) is 4.39. The van der Waals surface area contributed by atoms with Gasteiger partial charge in [-0.3, -0.25) is 0 Å². The van der Waals surface area contributed by atoms with Gasteiger partial charge >= 0.3 is 12.2 Å². The Morgan fingerprint density at radius 3 is 2.67 bits per heavy atom. The summed E-state index contributed by atoms with van der Waals surface area (Å²) in [6.45, 7) is 1.70. The van der Waals surface area contributed by atoms with Gasteiger partial charge in [-0.2, -0.15) is 13.2 Å². The predicted octanol–water partition coefficient (Wildman–Crippen LogP) is 3.30. The molecule has 1 atom stereocenters. The zero-order valence-electron chi connectivity index (χ0n) is 11.3. The Labute approximate surface area is 119 Å². The first-order chi connectivity index (χ1) is 9.82. The van der Waals surface area contributed by atoms with E-state index >= 15 is 0 Å². The highest BCUT2D eigenvalue weighted by molar-refractivity contribution is 5.94. The van der Waals surface area contributed by atoms with Crippen LogP contribution in [0.1, 0.15) is 24.0 Å². The third-order valence-electron chi connectivity index (χ3n) is 3.59. The summed E-state index contributed by atoms with van der Waals surface area (Å²) < 4.78 is 41.1. The number of halogens is 3. The van der Waals surface area contributed by atoms with E-state index in [9.17, 15) is 18.0 Å². The Morgan fingerprint density at radius 1 is 1.33 bits per heavy atom. The lowest BCUT2D eigenvalue weighted by molar-refractivity contribution is -0.178. The number of carbonyl (C=O) groups excluding carboxylic acids is 1. The molecule has 0 unspecified atom stereocenters. The van der Waals surface area contributed by atoms with Crippen LogP contribution in [0.3, 0.4) is 0 Å². The van der Waals surface area contributed by atoms with E-state index in [0.29, 0.717) is 5.56 Å². The maximum Gasteiger partial charge on any atom is 0.427 e. The highest BCUT2D eigenvalue weighted by atomic mass is 19.4. The molecule has 1 aromatic rings. The Bertz CT molecular complexity index is 668. The van der Waals surface area contributed by atoms with Crippen molar-refractivity contribution in [2.75, 3.05) is 5.32 Å². The molecular formula is C15H13F3N2O. The molecule has 6 heteroatoms. The summed E-state index contributed by atoms with van der Waals surface area (Å²) >= 11 is 0. The molecule has 0 aromatic heterocycles. The Morgan fingerprint density at radius 2 is 2.05 bits per heavy atom. The minimum Gasteiger partial charge on any atom is -0.310 e. The maximum absolute atomic E-state index is 13.7. The maximum atomic E-state index is 13.7. The third-order valence-corrected chi connectivity index (χ3v) is 3.59. The summed E-state index contributed by atoms with van der Waals surface area (Å²) in [4.78, 5) is 11.6. The van der Waals surface area contributed by atoms with Crippen molar-refractivity contribution >= 4 is 11.7 Å². The molecule has 1 fully saturated rings. The van der Waals surface area contributed by atoms with E-state index in [1.54, 1.807) is 13.0 Å². The summed E-state index contributed by atoms with van der Waals surface area (Å²) in [5.41, 5.74) is -1.87. The lowest BCUT2D eigenvalue weighted by Gasteiger charge is -2.37. The van der Waals surface area contributed by atoms with Gasteiger partial charge in [0.05, 0.1) is 0 Å². The standard InChI is InChI=1S/C15H13F3N2O/c1-9-2-5-12-11(8-9)14(15(16,17)18,20-13(21)19-12)7-6-10-3-4-10/h2,5,8,10H,3-4H2,1H3,(H2,19,20,21)/t14-/m0/s1. The van der Waals surface area contributed by atoms with E-state index in [2.05, 4.69) is 17.2 Å². The molecule has 1 aliphatic carbocycles. The minimum atomic E-state index is -4.70. The molecule has 0 radical (unpaired) electrons. The van der Waals surface area contributed by atoms with E-state index in [0.717, 1.165) is 12.8 Å². The van der Waals surface area contributed by atoms with Gasteiger partial charge < -0.3 is 10.6 Å². The second-order valence-electron chi connectivity index (χ2n) is 5.42. The number of alkyl halides is 3. The molecule has 2 amide bonds. The first kappa shape index (κ1) is 13.8. The molecule has 0 saturated heterocycles. The Hall–Kier alpha value is -2.16. The number of fused-ring (bicyclic) bond motifs is 1. The number of rotatable bonds is 0. The van der Waals surface area contributed by atoms with Crippen LogP contribution in [-0.4, -0.2) is 12.2 Å². The van der Waals surface area contributed by atoms with Crippen molar-refractivity contribution in [3.05, 3.63) is 29.3 Å². The van der Waals surface area contributed by atoms with Crippen LogP contribution < -0.4 is 10.6 Å². The molecule has 3 nitrogen and oxygen atoms in total. The number of nitrogens with one attached hydrogen (secondary N) is 2. The average molecular weight is 294 g/mol. The molecule has 1 heterocycles. The van der Waals surface area contributed by atoms with Crippen molar-refractivity contribution in [1.82, 2.24) is 5.32 Å². The number of amides is 2. The fourth-order valence-electron chi connectivity index (χ4n) is 2.30. The van der Waals surface area contributed by atoms with Crippen molar-refractivity contribution in [2.45, 2.75) is 31.5 Å². The van der Waals surface area contributed by atoms with Gasteiger partial charge in [-0.05, 0) is 25.8 Å². The molecule has 110 valence electrons. The molecule has 1 aromatic carbocycles. The average Bonchev–Trinajstić information content (AvgIpc) is 3.19. The monoisotopic (exact) mass is 294 g/mol. The SMILES string of the molecule is Cc1ccc2c(c1)[C@@](C#CC1CC1)(C(F)(F)F)NC(=O)N2. The fraction of sp³-hybridized carbons (Fsp3) is 0.400. The van der Waals surface area contributed by atoms with Crippen LogP contribution in [-0.2, 0) is 5.54 Å². The van der Waals surface area contributed by atoms with Gasteiger partial charge in [0.25, 0.3) is 0 Å². The van der Waals surface area contributed by atoms with Crippen LogP contribution >= 0.6 is 0 Å². The summed E-state index contributed by atoms with van der Waals surface area (Å²) in [5.74, 6) is 4.95. The van der Waals surface area contributed by atoms with Gasteiger partial charge in [-0.25, -0.2) is 4.79 Å². The molecule has 1 saturated carbocycles. The number of hydrogen-bond donors (Lipinski definition) is 2. The van der Waals surface area contributed by atoms with Gasteiger partial charge in [0.1, 0.15) is 0 Å². The van der Waals surface area contributed by atoms with E-state index in [4.69, 9.17) is 0 Å². The number of aryl methyl sites for hydroxylation is 1. The molecule has 2 N–H and O–H groups in total. The molecular weight excluding hydrogens is 281 g/mol. The van der Waals surface area contributed by atoms with Gasteiger partial charge in [-0.1, -0.05) is 29.5 Å². The predicted molar refractivity (Wildman–Crippen MR) is 71.6 cm³/mol. The topological polar surface area (TPSA) is 41.1 Å². The van der Waals surface area contributed by atoms with Crippen LogP contribution in [0.5, 0.6) is 0 Å². The number of hydrogen-bond acceptors (Lipinski definition) is 1. The highest BCUT2D eigenvalue weighted by Crippen LogP contribution is 2.44. The third kappa shape index (κ3) is 2.33. The van der Waals surface area contributed by atoms with Gasteiger partial charge in [-0.15, -0.1) is 0 Å². The molecule has 3 rings (SSSR count). The second kappa shape index (κ2) is 4.42. The molecule has 0 bridgehead atoms. The van der Waals surface area contributed by atoms with Crippen LogP contribution in [0.4, 0.5) is 23.7 Å². The van der Waals surface area contributed by atoms with Crippen molar-refractivity contribution in [3.63, 3.8) is 0 Å². The Balaban J connectivity index is 2.22. The first-order valence-electron chi connectivity index (χ1n) is 6.61. The highest BCUT2D eigenvalue weighted by Gasteiger charge is 2.59. The van der Waals surface area contributed by atoms with Crippen molar-refractivity contribution in [3.8, 4) is 11.8 Å². The fourth-order valence-corrected chi connectivity index (χ4v) is 2.30. The van der Waals surface area contributed by atoms with Crippen LogP contribution in [0.2, 0.25) is 0 Å². The normalized spacial score (nSPS) is 24.3. The molecule has 0 spiro atoms.